The van der Waals surface area contributed by atoms with Crippen LogP contribution in [0.1, 0.15) is 10.4 Å². The molecule has 0 atom stereocenters. The fraction of sp³-hybridized carbons (Fsp3) is 0.227. The largest absolute Gasteiger partial charge is 0.354 e. The zero-order chi connectivity index (χ0) is 22.1. The number of rotatable bonds is 4. The average Bonchev–Trinajstić information content (AvgIpc) is 3.25. The molecule has 0 unspecified atom stereocenters. The lowest BCUT2D eigenvalue weighted by molar-refractivity contribution is 0.102. The molecule has 1 N–H and O–H groups in total. The molecular weight excluding hydrogens is 446 g/mol. The minimum absolute atomic E-state index is 0.245. The van der Waals surface area contributed by atoms with Crippen molar-refractivity contribution >= 4 is 51.5 Å². The first-order chi connectivity index (χ1) is 15.5. The molecular formula is C22H20ClN7OS. The van der Waals surface area contributed by atoms with Crippen LogP contribution in [-0.4, -0.2) is 64.0 Å². The van der Waals surface area contributed by atoms with Crippen molar-refractivity contribution in [1.82, 2.24) is 24.8 Å². The molecule has 1 saturated heterocycles. The van der Waals surface area contributed by atoms with Crippen molar-refractivity contribution in [1.29, 1.82) is 0 Å². The summed E-state index contributed by atoms with van der Waals surface area (Å²) in [6.07, 6.45) is 4.98. The van der Waals surface area contributed by atoms with Crippen molar-refractivity contribution in [2.45, 2.75) is 0 Å². The number of likely N-dealkylation sites (N-methyl/N-ethyl adjacent to an activating group) is 1. The Balaban J connectivity index is 1.36. The molecule has 0 saturated carbocycles. The van der Waals surface area contributed by atoms with E-state index in [1.165, 1.54) is 11.3 Å². The third kappa shape index (κ3) is 4.40. The SMILES string of the molecule is CN1CCN(c2cc(C(=O)Nc3ncc4ccc(-c5ncc(Cl)s5)cc4n3)ccn2)CC1. The zero-order valence-electron chi connectivity index (χ0n) is 17.3. The van der Waals surface area contributed by atoms with Crippen molar-refractivity contribution in [3.8, 4) is 10.6 Å². The Morgan fingerprint density at radius 2 is 1.91 bits per heavy atom. The van der Waals surface area contributed by atoms with Crippen LogP contribution in [0, 0.1) is 0 Å². The fourth-order valence-corrected chi connectivity index (χ4v) is 4.45. The van der Waals surface area contributed by atoms with E-state index in [0.29, 0.717) is 15.4 Å². The molecule has 1 aromatic carbocycles. The second kappa shape index (κ2) is 8.78. The van der Waals surface area contributed by atoms with Crippen LogP contribution in [-0.2, 0) is 0 Å². The van der Waals surface area contributed by atoms with E-state index in [2.05, 4.69) is 42.1 Å². The van der Waals surface area contributed by atoms with Crippen LogP contribution in [0.4, 0.5) is 11.8 Å². The van der Waals surface area contributed by atoms with Crippen LogP contribution < -0.4 is 10.2 Å². The number of halogens is 1. The number of nitrogens with one attached hydrogen (secondary N) is 1. The van der Waals surface area contributed by atoms with Crippen molar-refractivity contribution in [3.05, 3.63) is 58.8 Å². The predicted molar refractivity (Wildman–Crippen MR) is 128 cm³/mol. The Morgan fingerprint density at radius 3 is 2.69 bits per heavy atom. The quantitative estimate of drug-likeness (QED) is 0.490. The summed E-state index contributed by atoms with van der Waals surface area (Å²) in [5, 5.41) is 4.49. The van der Waals surface area contributed by atoms with Gasteiger partial charge in [-0.25, -0.2) is 19.9 Å². The zero-order valence-corrected chi connectivity index (χ0v) is 18.9. The van der Waals surface area contributed by atoms with Crippen molar-refractivity contribution in [2.24, 2.45) is 0 Å². The lowest BCUT2D eigenvalue weighted by atomic mass is 10.1. The summed E-state index contributed by atoms with van der Waals surface area (Å²) in [5.41, 5.74) is 2.15. The molecule has 0 bridgehead atoms. The third-order valence-electron chi connectivity index (χ3n) is 5.37. The highest BCUT2D eigenvalue weighted by Crippen LogP contribution is 2.30. The number of aromatic nitrogens is 4. The van der Waals surface area contributed by atoms with Gasteiger partial charge in [-0.15, -0.1) is 11.3 Å². The second-order valence-corrected chi connectivity index (χ2v) is 9.25. The van der Waals surface area contributed by atoms with Gasteiger partial charge in [0, 0.05) is 55.1 Å². The van der Waals surface area contributed by atoms with Crippen LogP contribution >= 0.6 is 22.9 Å². The lowest BCUT2D eigenvalue weighted by Gasteiger charge is -2.33. The lowest BCUT2D eigenvalue weighted by Crippen LogP contribution is -2.44. The van der Waals surface area contributed by atoms with Gasteiger partial charge in [-0.05, 0) is 25.2 Å². The molecule has 4 aromatic rings. The number of hydrogen-bond acceptors (Lipinski definition) is 8. The fourth-order valence-electron chi connectivity index (χ4n) is 3.55. The number of amides is 1. The van der Waals surface area contributed by atoms with Crippen LogP contribution in [0.25, 0.3) is 21.5 Å². The summed E-state index contributed by atoms with van der Waals surface area (Å²) in [6.45, 7) is 3.71. The van der Waals surface area contributed by atoms with Crippen LogP contribution in [0.3, 0.4) is 0 Å². The van der Waals surface area contributed by atoms with Gasteiger partial charge in [-0.2, -0.15) is 0 Å². The molecule has 0 spiro atoms. The number of anilines is 2. The summed E-state index contributed by atoms with van der Waals surface area (Å²) in [5.74, 6) is 0.775. The second-order valence-electron chi connectivity index (χ2n) is 7.58. The van der Waals surface area contributed by atoms with Crippen LogP contribution in [0.2, 0.25) is 4.34 Å². The van der Waals surface area contributed by atoms with Gasteiger partial charge >= 0.3 is 0 Å². The van der Waals surface area contributed by atoms with Gasteiger partial charge in [0.1, 0.15) is 15.2 Å². The topological polar surface area (TPSA) is 87.1 Å². The summed E-state index contributed by atoms with van der Waals surface area (Å²) in [6, 6.07) is 9.30. The van der Waals surface area contributed by atoms with Gasteiger partial charge in [-0.3, -0.25) is 10.1 Å². The smallest absolute Gasteiger partial charge is 0.258 e. The van der Waals surface area contributed by atoms with Gasteiger partial charge < -0.3 is 9.80 Å². The first-order valence-electron chi connectivity index (χ1n) is 10.1. The number of benzene rings is 1. The van der Waals surface area contributed by atoms with Gasteiger partial charge in [0.05, 0.1) is 11.7 Å². The van der Waals surface area contributed by atoms with Crippen molar-refractivity contribution in [2.75, 3.05) is 43.4 Å². The average molecular weight is 466 g/mol. The molecule has 1 aliphatic rings. The molecule has 1 fully saturated rings. The predicted octanol–water partition coefficient (Wildman–Crippen LogP) is 3.81. The monoisotopic (exact) mass is 465 g/mol. The van der Waals surface area contributed by atoms with E-state index >= 15 is 0 Å². The highest BCUT2D eigenvalue weighted by molar-refractivity contribution is 7.18. The number of pyridine rings is 1. The summed E-state index contributed by atoms with van der Waals surface area (Å²) < 4.78 is 0.629. The highest BCUT2D eigenvalue weighted by atomic mass is 35.5. The molecule has 8 nitrogen and oxygen atoms in total. The minimum atomic E-state index is -0.273. The maximum atomic E-state index is 12.9. The molecule has 10 heteroatoms. The van der Waals surface area contributed by atoms with Gasteiger partial charge in [0.15, 0.2) is 0 Å². The molecule has 1 amide bonds. The van der Waals surface area contributed by atoms with Gasteiger partial charge in [0.25, 0.3) is 5.91 Å². The number of carbonyl (C=O) groups excluding carboxylic acids is 1. The minimum Gasteiger partial charge on any atom is -0.354 e. The number of nitrogens with zero attached hydrogens (tertiary/aromatic N) is 6. The van der Waals surface area contributed by atoms with E-state index in [-0.39, 0.29) is 11.9 Å². The number of carbonyl (C=O) groups is 1. The standard InChI is InChI=1S/C22H20ClN7OS/c1-29-6-8-30(9-7-29)19-11-14(4-5-24-19)20(31)28-22-26-12-16-3-2-15(10-17(16)27-22)21-25-13-18(23)32-21/h2-5,10-13H,6-9H2,1H3,(H,26,27,28,31). The number of piperazine rings is 1. The molecule has 1 aliphatic heterocycles. The van der Waals surface area contributed by atoms with E-state index in [1.807, 2.05) is 24.3 Å². The maximum absolute atomic E-state index is 12.9. The Kier molecular flexibility index (Phi) is 5.69. The number of hydrogen-bond donors (Lipinski definition) is 1. The van der Waals surface area contributed by atoms with E-state index in [9.17, 15) is 4.79 Å². The molecule has 3 aromatic heterocycles. The maximum Gasteiger partial charge on any atom is 0.258 e. The summed E-state index contributed by atoms with van der Waals surface area (Å²) in [7, 11) is 2.10. The highest BCUT2D eigenvalue weighted by Gasteiger charge is 2.17. The summed E-state index contributed by atoms with van der Waals surface area (Å²) in [4.78, 5) is 34.9. The molecule has 162 valence electrons. The first kappa shape index (κ1) is 20.7. The van der Waals surface area contributed by atoms with Crippen LogP contribution in [0.5, 0.6) is 0 Å². The number of thiazole rings is 1. The normalized spacial score (nSPS) is 14.6. The first-order valence-corrected chi connectivity index (χ1v) is 11.3. The van der Waals surface area contributed by atoms with E-state index < -0.39 is 0 Å². The molecule has 0 radical (unpaired) electrons. The van der Waals surface area contributed by atoms with Crippen molar-refractivity contribution in [3.63, 3.8) is 0 Å². The van der Waals surface area contributed by atoms with E-state index in [1.54, 1.807) is 24.7 Å². The molecule has 32 heavy (non-hydrogen) atoms. The van der Waals surface area contributed by atoms with Gasteiger partial charge in [-0.1, -0.05) is 23.7 Å². The molecule has 4 heterocycles. The van der Waals surface area contributed by atoms with Gasteiger partial charge in [0.2, 0.25) is 5.95 Å². The Bertz CT molecular complexity index is 1290. The Labute approximate surface area is 193 Å². The van der Waals surface area contributed by atoms with E-state index in [4.69, 9.17) is 11.6 Å². The molecule has 5 rings (SSSR count). The van der Waals surface area contributed by atoms with Crippen LogP contribution in [0.15, 0.2) is 48.9 Å². The Hall–Kier alpha value is -3.14. The van der Waals surface area contributed by atoms with Crippen molar-refractivity contribution < 1.29 is 4.79 Å². The Morgan fingerprint density at radius 1 is 1.06 bits per heavy atom. The third-order valence-corrected chi connectivity index (χ3v) is 6.53. The van der Waals surface area contributed by atoms with E-state index in [0.717, 1.165) is 48.0 Å². The number of fused-ring (bicyclic) bond motifs is 1. The summed E-state index contributed by atoms with van der Waals surface area (Å²) >= 11 is 7.41. The molecule has 0 aliphatic carbocycles.